The molecule has 2 N–H and O–H groups in total. The highest BCUT2D eigenvalue weighted by molar-refractivity contribution is 8.00. The molecule has 1 rings (SSSR count). The van der Waals surface area contributed by atoms with Crippen LogP contribution in [0.2, 0.25) is 5.02 Å². The first-order valence-electron chi connectivity index (χ1n) is 5.03. The quantitative estimate of drug-likeness (QED) is 0.786. The van der Waals surface area contributed by atoms with E-state index in [0.29, 0.717) is 0 Å². The van der Waals surface area contributed by atoms with Gasteiger partial charge in [-0.25, -0.2) is 0 Å². The summed E-state index contributed by atoms with van der Waals surface area (Å²) in [5, 5.41) is 0.796. The highest BCUT2D eigenvalue weighted by Crippen LogP contribution is 2.37. The molecule has 84 valence electrons. The Bertz CT molecular complexity index is 342. The number of thioether (sulfide) groups is 1. The molecule has 0 unspecified atom stereocenters. The molecule has 0 heterocycles. The zero-order chi connectivity index (χ0) is 11.6. The number of nitrogens with two attached hydrogens (primary N) is 1. The van der Waals surface area contributed by atoms with Crippen LogP contribution < -0.4 is 5.73 Å². The third kappa shape index (κ3) is 4.06. The van der Waals surface area contributed by atoms with Crippen LogP contribution in [0, 0.1) is 0 Å². The molecule has 0 fully saturated rings. The van der Waals surface area contributed by atoms with E-state index in [9.17, 15) is 0 Å². The molecule has 1 nitrogen and oxygen atoms in total. The third-order valence-electron chi connectivity index (χ3n) is 1.90. The van der Waals surface area contributed by atoms with Crippen molar-refractivity contribution in [1.29, 1.82) is 0 Å². The van der Waals surface area contributed by atoms with E-state index in [1.165, 1.54) is 0 Å². The van der Waals surface area contributed by atoms with Crippen LogP contribution in [0.4, 0.5) is 0 Å². The van der Waals surface area contributed by atoms with Crippen LogP contribution >= 0.6 is 23.4 Å². The molecule has 15 heavy (non-hydrogen) atoms. The highest BCUT2D eigenvalue weighted by Gasteiger charge is 2.14. The van der Waals surface area contributed by atoms with Crippen LogP contribution in [-0.4, -0.2) is 4.75 Å². The largest absolute Gasteiger partial charge is 0.324 e. The average Bonchev–Trinajstić information content (AvgIpc) is 2.05. The van der Waals surface area contributed by atoms with E-state index in [1.807, 2.05) is 19.1 Å². The van der Waals surface area contributed by atoms with Crippen molar-refractivity contribution in [2.24, 2.45) is 5.73 Å². The number of benzene rings is 1. The summed E-state index contributed by atoms with van der Waals surface area (Å²) >= 11 is 7.98. The summed E-state index contributed by atoms with van der Waals surface area (Å²) in [5.41, 5.74) is 6.88. The smallest absolute Gasteiger partial charge is 0.0545 e. The zero-order valence-corrected chi connectivity index (χ0v) is 11.2. The Morgan fingerprint density at radius 3 is 2.33 bits per heavy atom. The fourth-order valence-corrected chi connectivity index (χ4v) is 2.47. The minimum atomic E-state index is 0.0381. The first-order chi connectivity index (χ1) is 6.79. The lowest BCUT2D eigenvalue weighted by atomic mass is 10.1. The van der Waals surface area contributed by atoms with E-state index < -0.39 is 0 Å². The third-order valence-corrected chi connectivity index (χ3v) is 3.51. The Balaban J connectivity index is 2.94. The fraction of sp³-hybridized carbons (Fsp3) is 0.500. The lowest BCUT2D eigenvalue weighted by molar-refractivity contribution is 0.801. The molecule has 1 aromatic rings. The molecule has 0 bridgehead atoms. The van der Waals surface area contributed by atoms with Gasteiger partial charge in [-0.15, -0.1) is 11.8 Å². The van der Waals surface area contributed by atoms with Gasteiger partial charge in [0.2, 0.25) is 0 Å². The monoisotopic (exact) mass is 243 g/mol. The van der Waals surface area contributed by atoms with E-state index >= 15 is 0 Å². The lowest BCUT2D eigenvalue weighted by Gasteiger charge is -2.19. The Morgan fingerprint density at radius 2 is 1.93 bits per heavy atom. The van der Waals surface area contributed by atoms with E-state index in [-0.39, 0.29) is 10.8 Å². The first-order valence-corrected chi connectivity index (χ1v) is 6.23. The normalized spacial score (nSPS) is 14.0. The number of rotatable bonds is 2. The van der Waals surface area contributed by atoms with Crippen molar-refractivity contribution >= 4 is 23.4 Å². The second-order valence-corrected chi connectivity index (χ2v) is 6.97. The Morgan fingerprint density at radius 1 is 1.33 bits per heavy atom. The molecule has 0 aliphatic carbocycles. The maximum atomic E-state index is 6.20. The predicted molar refractivity (Wildman–Crippen MR) is 69.7 cm³/mol. The van der Waals surface area contributed by atoms with Crippen LogP contribution in [0.25, 0.3) is 0 Å². The maximum Gasteiger partial charge on any atom is 0.0545 e. The van der Waals surface area contributed by atoms with Gasteiger partial charge in [-0.05, 0) is 24.6 Å². The molecule has 0 spiro atoms. The van der Waals surface area contributed by atoms with Crippen LogP contribution in [0.5, 0.6) is 0 Å². The second-order valence-electron chi connectivity index (χ2n) is 4.69. The minimum absolute atomic E-state index is 0.0381. The van der Waals surface area contributed by atoms with Gasteiger partial charge in [0.25, 0.3) is 0 Å². The van der Waals surface area contributed by atoms with Crippen molar-refractivity contribution in [1.82, 2.24) is 0 Å². The van der Waals surface area contributed by atoms with Gasteiger partial charge < -0.3 is 5.73 Å². The van der Waals surface area contributed by atoms with Crippen molar-refractivity contribution in [2.75, 3.05) is 0 Å². The number of hydrogen-bond acceptors (Lipinski definition) is 2. The minimum Gasteiger partial charge on any atom is -0.324 e. The molecular weight excluding hydrogens is 226 g/mol. The maximum absolute atomic E-state index is 6.20. The predicted octanol–water partition coefficient (Wildman–Crippen LogP) is 4.25. The van der Waals surface area contributed by atoms with Crippen LogP contribution in [-0.2, 0) is 0 Å². The van der Waals surface area contributed by atoms with Gasteiger partial charge in [0.1, 0.15) is 0 Å². The second kappa shape index (κ2) is 4.77. The van der Waals surface area contributed by atoms with Gasteiger partial charge in [0.05, 0.1) is 5.02 Å². The van der Waals surface area contributed by atoms with E-state index in [0.717, 1.165) is 15.5 Å². The van der Waals surface area contributed by atoms with Crippen LogP contribution in [0.15, 0.2) is 23.1 Å². The van der Waals surface area contributed by atoms with Crippen molar-refractivity contribution in [2.45, 2.75) is 43.4 Å². The Labute approximate surface area is 101 Å². The topological polar surface area (TPSA) is 26.0 Å². The molecule has 0 saturated heterocycles. The molecule has 0 aromatic heterocycles. The standard InChI is InChI=1S/C12H18ClNS/c1-8(14)9-5-6-11(10(13)7-9)15-12(2,3)4/h5-8H,14H2,1-4H3/t8-/m0/s1. The van der Waals surface area contributed by atoms with Gasteiger partial charge in [-0.3, -0.25) is 0 Å². The summed E-state index contributed by atoms with van der Waals surface area (Å²) < 4.78 is 0.180. The lowest BCUT2D eigenvalue weighted by Crippen LogP contribution is -2.08. The van der Waals surface area contributed by atoms with Gasteiger partial charge in [-0.2, -0.15) is 0 Å². The number of halogens is 1. The summed E-state index contributed by atoms with van der Waals surface area (Å²) in [4.78, 5) is 1.12. The molecule has 0 aliphatic rings. The first kappa shape index (κ1) is 12.9. The molecule has 0 saturated carbocycles. The van der Waals surface area contributed by atoms with Crippen molar-refractivity contribution in [3.8, 4) is 0 Å². The average molecular weight is 244 g/mol. The molecule has 0 radical (unpaired) electrons. The van der Waals surface area contributed by atoms with Gasteiger partial charge in [0.15, 0.2) is 0 Å². The fourth-order valence-electron chi connectivity index (χ4n) is 1.21. The number of hydrogen-bond donors (Lipinski definition) is 1. The van der Waals surface area contributed by atoms with Crippen LogP contribution in [0.3, 0.4) is 0 Å². The summed E-state index contributed by atoms with van der Waals surface area (Å²) in [6, 6.07) is 6.10. The molecule has 3 heteroatoms. The van der Waals surface area contributed by atoms with E-state index in [1.54, 1.807) is 11.8 Å². The summed E-state index contributed by atoms with van der Waals surface area (Å²) in [7, 11) is 0. The van der Waals surface area contributed by atoms with Crippen molar-refractivity contribution in [3.05, 3.63) is 28.8 Å². The van der Waals surface area contributed by atoms with Gasteiger partial charge in [-0.1, -0.05) is 38.4 Å². The summed E-state index contributed by atoms with van der Waals surface area (Å²) in [6.45, 7) is 8.48. The molecular formula is C12H18ClNS. The van der Waals surface area contributed by atoms with E-state index in [2.05, 4.69) is 26.8 Å². The molecule has 1 atom stereocenters. The Kier molecular flexibility index (Phi) is 4.10. The molecule has 0 amide bonds. The van der Waals surface area contributed by atoms with Gasteiger partial charge in [0, 0.05) is 15.7 Å². The summed E-state index contributed by atoms with van der Waals surface area (Å²) in [5.74, 6) is 0. The highest BCUT2D eigenvalue weighted by atomic mass is 35.5. The molecule has 1 aromatic carbocycles. The SMILES string of the molecule is C[C@H](N)c1ccc(SC(C)(C)C)c(Cl)c1. The van der Waals surface area contributed by atoms with E-state index in [4.69, 9.17) is 17.3 Å². The zero-order valence-electron chi connectivity index (χ0n) is 9.67. The van der Waals surface area contributed by atoms with Gasteiger partial charge >= 0.3 is 0 Å². The van der Waals surface area contributed by atoms with Crippen molar-refractivity contribution < 1.29 is 0 Å². The van der Waals surface area contributed by atoms with Crippen LogP contribution in [0.1, 0.15) is 39.3 Å². The Hall–Kier alpha value is -0.180. The van der Waals surface area contributed by atoms with Crippen molar-refractivity contribution in [3.63, 3.8) is 0 Å². The summed E-state index contributed by atoms with van der Waals surface area (Å²) in [6.07, 6.45) is 0. The molecule has 0 aliphatic heterocycles.